The maximum atomic E-state index is 6.40. The van der Waals surface area contributed by atoms with Gasteiger partial charge in [-0.2, -0.15) is 14.9 Å². The normalized spacial score (nSPS) is 13.1. The summed E-state index contributed by atoms with van der Waals surface area (Å²) in [5.41, 5.74) is 10.7. The highest BCUT2D eigenvalue weighted by molar-refractivity contribution is 7.51. The van der Waals surface area contributed by atoms with Crippen molar-refractivity contribution in [3.05, 3.63) is 52.7 Å². The third-order valence-corrected chi connectivity index (χ3v) is 6.09. The minimum absolute atomic E-state index is 0. The number of nitrogens with zero attached hydrogens (tertiary/aromatic N) is 3. The lowest BCUT2D eigenvalue weighted by Crippen LogP contribution is -2.26. The molecule has 1 unspecified atom stereocenters. The minimum atomic E-state index is -0.632. The van der Waals surface area contributed by atoms with E-state index in [1.54, 1.807) is 25.4 Å². The summed E-state index contributed by atoms with van der Waals surface area (Å²) in [6, 6.07) is 9.62. The van der Waals surface area contributed by atoms with Gasteiger partial charge in [-0.15, -0.1) is 0 Å². The average Bonchev–Trinajstić information content (AvgIpc) is 2.77. The molecule has 11 heteroatoms. The lowest BCUT2D eigenvalue weighted by Gasteiger charge is -2.26. The molecule has 2 aromatic carbocycles. The largest absolute Gasteiger partial charge is 0.495 e. The van der Waals surface area contributed by atoms with Gasteiger partial charge in [-0.1, -0.05) is 11.6 Å². The summed E-state index contributed by atoms with van der Waals surface area (Å²) in [5, 5.41) is 6.92. The van der Waals surface area contributed by atoms with E-state index in [1.807, 2.05) is 19.4 Å². The van der Waals surface area contributed by atoms with E-state index in [0.717, 1.165) is 36.6 Å². The van der Waals surface area contributed by atoms with Crippen LogP contribution in [0.3, 0.4) is 0 Å². The van der Waals surface area contributed by atoms with E-state index >= 15 is 0 Å². The Morgan fingerprint density at radius 1 is 1.09 bits per heavy atom. The van der Waals surface area contributed by atoms with Gasteiger partial charge in [-0.05, 0) is 62.2 Å². The Morgan fingerprint density at radius 2 is 1.88 bits per heavy atom. The number of anilines is 5. The van der Waals surface area contributed by atoms with Gasteiger partial charge in [0.25, 0.3) is 0 Å². The van der Waals surface area contributed by atoms with Gasteiger partial charge in [-0.25, -0.2) is 4.98 Å². The van der Waals surface area contributed by atoms with Gasteiger partial charge in [-0.3, -0.25) is 0 Å². The van der Waals surface area contributed by atoms with Crippen LogP contribution in [0, 0.1) is 0 Å². The van der Waals surface area contributed by atoms with Crippen molar-refractivity contribution in [1.82, 2.24) is 14.9 Å². The maximum absolute atomic E-state index is 6.40. The molecule has 0 saturated heterocycles. The number of halogens is 1. The predicted molar refractivity (Wildman–Crippen MR) is 148 cm³/mol. The topological polar surface area (TPSA) is 97.6 Å². The lowest BCUT2D eigenvalue weighted by atomic mass is 9.99. The molecule has 3 aromatic rings. The first-order valence-corrected chi connectivity index (χ1v) is 13.1. The second-order valence-electron chi connectivity index (χ2n) is 8.11. The fraction of sp³-hybridized carbons (Fsp3) is 0.304. The van der Waals surface area contributed by atoms with Crippen molar-refractivity contribution >= 4 is 58.5 Å². The molecule has 1 aromatic heterocycles. The standard InChI is InChI=1S/C23H28ClN6O2P.H3P/c1-30-8-7-14-10-20(31-2)19(9-15(14)13-30)28-23-26-12-17(24)22(29-23)27-18-6-5-16(25)11-21(18)32-33(3)4;/h5-6,9-12H,7-8,13,25H2,1-4H3,(H2,26,27,28,29);1H3. The van der Waals surface area contributed by atoms with Crippen LogP contribution in [0.15, 0.2) is 36.5 Å². The summed E-state index contributed by atoms with van der Waals surface area (Å²) in [7, 11) is 3.15. The Morgan fingerprint density at radius 3 is 2.62 bits per heavy atom. The molecule has 4 N–H and O–H groups in total. The number of rotatable bonds is 7. The number of nitrogens with one attached hydrogen (secondary N) is 2. The summed E-state index contributed by atoms with van der Waals surface area (Å²) >= 11 is 6.40. The second-order valence-corrected chi connectivity index (χ2v) is 10.3. The fourth-order valence-electron chi connectivity index (χ4n) is 3.67. The van der Waals surface area contributed by atoms with Crippen LogP contribution in [0.2, 0.25) is 5.02 Å². The first-order chi connectivity index (χ1) is 15.8. The lowest BCUT2D eigenvalue weighted by molar-refractivity contribution is 0.312. The minimum Gasteiger partial charge on any atom is -0.495 e. The van der Waals surface area contributed by atoms with Gasteiger partial charge < -0.3 is 30.5 Å². The first kappa shape index (κ1) is 26.2. The summed E-state index contributed by atoms with van der Waals surface area (Å²) in [6.45, 7) is 5.96. The monoisotopic (exact) mass is 520 g/mol. The van der Waals surface area contributed by atoms with Gasteiger partial charge in [0.15, 0.2) is 5.82 Å². The molecule has 1 atom stereocenters. The van der Waals surface area contributed by atoms with Crippen LogP contribution in [0.1, 0.15) is 11.1 Å². The molecule has 4 rings (SSSR count). The Labute approximate surface area is 210 Å². The maximum Gasteiger partial charge on any atom is 0.229 e. The van der Waals surface area contributed by atoms with E-state index in [4.69, 9.17) is 26.6 Å². The van der Waals surface area contributed by atoms with Crippen molar-refractivity contribution in [2.75, 3.05) is 50.4 Å². The van der Waals surface area contributed by atoms with Gasteiger partial charge in [0, 0.05) is 24.8 Å². The van der Waals surface area contributed by atoms with Crippen LogP contribution in [0.4, 0.5) is 28.8 Å². The number of ether oxygens (including phenoxy) is 1. The quantitative estimate of drug-likeness (QED) is 0.286. The van der Waals surface area contributed by atoms with E-state index in [-0.39, 0.29) is 9.90 Å². The smallest absolute Gasteiger partial charge is 0.229 e. The third kappa shape index (κ3) is 6.19. The Kier molecular flexibility index (Phi) is 8.78. The number of fused-ring (bicyclic) bond motifs is 1. The Hall–Kier alpha value is -2.37. The van der Waals surface area contributed by atoms with Crippen molar-refractivity contribution in [3.63, 3.8) is 0 Å². The van der Waals surface area contributed by atoms with Crippen LogP contribution >= 0.6 is 29.6 Å². The van der Waals surface area contributed by atoms with Gasteiger partial charge in [0.05, 0.1) is 32.8 Å². The van der Waals surface area contributed by atoms with Gasteiger partial charge in [0.2, 0.25) is 5.95 Å². The van der Waals surface area contributed by atoms with Crippen molar-refractivity contribution in [3.8, 4) is 11.5 Å². The molecule has 0 saturated carbocycles. The fourth-order valence-corrected chi connectivity index (χ4v) is 4.35. The Balaban J connectivity index is 0.00000324. The molecule has 0 radical (unpaired) electrons. The molecule has 0 aliphatic carbocycles. The number of hydrogen-bond donors (Lipinski definition) is 3. The molecule has 182 valence electrons. The number of benzene rings is 2. The molecule has 1 aliphatic heterocycles. The first-order valence-electron chi connectivity index (χ1n) is 10.5. The third-order valence-electron chi connectivity index (χ3n) is 5.26. The van der Waals surface area contributed by atoms with Crippen molar-refractivity contribution in [2.45, 2.75) is 13.0 Å². The van der Waals surface area contributed by atoms with Crippen molar-refractivity contribution in [2.24, 2.45) is 0 Å². The van der Waals surface area contributed by atoms with E-state index < -0.39 is 8.15 Å². The SMILES string of the molecule is COc1cc2c(cc1Nc1ncc(Cl)c(Nc3ccc(N)cc3OP(C)C)n1)CN(C)CC2.P. The molecule has 8 nitrogen and oxygen atoms in total. The highest BCUT2D eigenvalue weighted by atomic mass is 35.5. The molecular formula is C23H31ClN6O2P2. The molecule has 1 aliphatic rings. The van der Waals surface area contributed by atoms with Crippen LogP contribution in [-0.4, -0.2) is 48.9 Å². The highest BCUT2D eigenvalue weighted by Gasteiger charge is 2.18. The number of aromatic nitrogens is 2. The zero-order valence-electron chi connectivity index (χ0n) is 19.9. The van der Waals surface area contributed by atoms with E-state index in [0.29, 0.717) is 28.2 Å². The second kappa shape index (κ2) is 11.4. The zero-order chi connectivity index (χ0) is 23.5. The summed E-state index contributed by atoms with van der Waals surface area (Å²) in [6.07, 6.45) is 2.56. The van der Waals surface area contributed by atoms with Crippen molar-refractivity contribution < 1.29 is 9.26 Å². The molecule has 2 heterocycles. The average molecular weight is 521 g/mol. The van der Waals surface area contributed by atoms with E-state index in [1.165, 1.54) is 11.1 Å². The highest BCUT2D eigenvalue weighted by Crippen LogP contribution is 2.39. The van der Waals surface area contributed by atoms with Crippen LogP contribution < -0.4 is 25.6 Å². The number of hydrogen-bond acceptors (Lipinski definition) is 8. The molecule has 0 fully saturated rings. The molecule has 0 amide bonds. The molecule has 0 bridgehead atoms. The predicted octanol–water partition coefficient (Wildman–Crippen LogP) is 5.29. The Bertz CT molecular complexity index is 1160. The molecule has 0 spiro atoms. The number of likely N-dealkylation sites (N-methyl/N-ethyl adjacent to an activating group) is 1. The van der Waals surface area contributed by atoms with Gasteiger partial charge >= 0.3 is 0 Å². The number of nitrogens with two attached hydrogens (primary N) is 1. The van der Waals surface area contributed by atoms with E-state index in [9.17, 15) is 0 Å². The van der Waals surface area contributed by atoms with Crippen LogP contribution in [-0.2, 0) is 13.0 Å². The van der Waals surface area contributed by atoms with Crippen LogP contribution in [0.5, 0.6) is 11.5 Å². The summed E-state index contributed by atoms with van der Waals surface area (Å²) in [5.74, 6) is 2.25. The molecule has 34 heavy (non-hydrogen) atoms. The number of nitrogen functional groups attached to an aromatic ring is 1. The van der Waals surface area contributed by atoms with Crippen LogP contribution in [0.25, 0.3) is 0 Å². The van der Waals surface area contributed by atoms with Crippen molar-refractivity contribution in [1.29, 1.82) is 0 Å². The summed E-state index contributed by atoms with van der Waals surface area (Å²) < 4.78 is 11.6. The number of methoxy groups -OCH3 is 1. The summed E-state index contributed by atoms with van der Waals surface area (Å²) in [4.78, 5) is 11.2. The molecular weight excluding hydrogens is 490 g/mol. The van der Waals surface area contributed by atoms with E-state index in [2.05, 4.69) is 44.7 Å². The van der Waals surface area contributed by atoms with Gasteiger partial charge in [0.1, 0.15) is 16.5 Å². The zero-order valence-corrected chi connectivity index (χ0v) is 22.9.